The van der Waals surface area contributed by atoms with Crippen molar-refractivity contribution in [1.29, 1.82) is 0 Å². The van der Waals surface area contributed by atoms with Crippen LogP contribution in [0, 0.1) is 12.3 Å². The van der Waals surface area contributed by atoms with Crippen LogP contribution in [0.3, 0.4) is 0 Å². The Morgan fingerprint density at radius 1 is 1.20 bits per heavy atom. The van der Waals surface area contributed by atoms with E-state index in [1.165, 1.54) is 22.3 Å². The van der Waals surface area contributed by atoms with Gasteiger partial charge in [-0.05, 0) is 42.0 Å². The molecule has 2 aromatic carbocycles. The molecule has 0 radical (unpaired) electrons. The van der Waals surface area contributed by atoms with E-state index in [2.05, 4.69) is 30.2 Å². The van der Waals surface area contributed by atoms with Crippen molar-refractivity contribution in [3.05, 3.63) is 59.7 Å². The fourth-order valence-corrected chi connectivity index (χ4v) is 4.08. The average molecular weight is 331 g/mol. The van der Waals surface area contributed by atoms with Gasteiger partial charge in [-0.2, -0.15) is 0 Å². The molecule has 3 nitrogen and oxygen atoms in total. The van der Waals surface area contributed by atoms with Gasteiger partial charge in [-0.25, -0.2) is 4.79 Å². The third kappa shape index (κ3) is 2.49. The Kier molecular flexibility index (Phi) is 3.77. The van der Waals surface area contributed by atoms with Crippen molar-refractivity contribution in [2.45, 2.75) is 31.2 Å². The highest BCUT2D eigenvalue weighted by molar-refractivity contribution is 5.79. The minimum atomic E-state index is -0.525. The van der Waals surface area contributed by atoms with E-state index in [1.54, 1.807) is 4.90 Å². The molecular weight excluding hydrogens is 310 g/mol. The lowest BCUT2D eigenvalue weighted by Crippen LogP contribution is -2.44. The third-order valence-electron chi connectivity index (χ3n) is 5.51. The molecule has 1 atom stereocenters. The van der Waals surface area contributed by atoms with Gasteiger partial charge < -0.3 is 4.74 Å². The predicted molar refractivity (Wildman–Crippen MR) is 98.2 cm³/mol. The molecule has 0 spiro atoms. The van der Waals surface area contributed by atoms with Crippen LogP contribution in [-0.2, 0) is 4.74 Å². The zero-order valence-corrected chi connectivity index (χ0v) is 14.4. The lowest BCUT2D eigenvalue weighted by Gasteiger charge is -2.30. The van der Waals surface area contributed by atoms with Crippen molar-refractivity contribution in [2.75, 3.05) is 13.2 Å². The monoisotopic (exact) mass is 331 g/mol. The minimum Gasteiger partial charge on any atom is -0.448 e. The number of benzene rings is 2. The number of carbonyl (C=O) groups excluding carboxylic acids is 1. The Hall–Kier alpha value is -2.73. The van der Waals surface area contributed by atoms with Crippen LogP contribution < -0.4 is 0 Å². The topological polar surface area (TPSA) is 29.5 Å². The molecule has 2 aliphatic rings. The molecule has 0 unspecified atom stereocenters. The molecule has 25 heavy (non-hydrogen) atoms. The van der Waals surface area contributed by atoms with Gasteiger partial charge in [-0.3, -0.25) is 4.90 Å². The van der Waals surface area contributed by atoms with Gasteiger partial charge in [0.25, 0.3) is 0 Å². The summed E-state index contributed by atoms with van der Waals surface area (Å²) in [5, 5.41) is 0. The number of nitrogens with zero attached hydrogens (tertiary/aromatic N) is 1. The molecule has 0 N–H and O–H groups in total. The van der Waals surface area contributed by atoms with Crippen molar-refractivity contribution in [3.8, 4) is 23.5 Å². The molecule has 4 rings (SSSR count). The Bertz CT molecular complexity index is 821. The van der Waals surface area contributed by atoms with Gasteiger partial charge in [0.2, 0.25) is 0 Å². The smallest absolute Gasteiger partial charge is 0.411 e. The number of carbonyl (C=O) groups is 1. The summed E-state index contributed by atoms with van der Waals surface area (Å²) in [7, 11) is 0. The number of ether oxygens (including phenoxy) is 1. The van der Waals surface area contributed by atoms with Crippen LogP contribution >= 0.6 is 0 Å². The number of likely N-dealkylation sites (tertiary alicyclic amines) is 1. The van der Waals surface area contributed by atoms with Gasteiger partial charge >= 0.3 is 6.09 Å². The van der Waals surface area contributed by atoms with Crippen molar-refractivity contribution < 1.29 is 9.53 Å². The van der Waals surface area contributed by atoms with Crippen LogP contribution in [-0.4, -0.2) is 29.7 Å². The number of hydrogen-bond acceptors (Lipinski definition) is 2. The molecule has 126 valence electrons. The first-order chi connectivity index (χ1) is 12.1. The van der Waals surface area contributed by atoms with Crippen LogP contribution in [0.2, 0.25) is 0 Å². The summed E-state index contributed by atoms with van der Waals surface area (Å²) in [6, 6.07) is 16.7. The van der Waals surface area contributed by atoms with Crippen LogP contribution in [0.1, 0.15) is 36.8 Å². The first kappa shape index (κ1) is 15.8. The molecule has 1 saturated heterocycles. The molecule has 1 fully saturated rings. The first-order valence-electron chi connectivity index (χ1n) is 8.74. The highest BCUT2D eigenvalue weighted by Crippen LogP contribution is 2.44. The quantitative estimate of drug-likeness (QED) is 0.762. The lowest BCUT2D eigenvalue weighted by atomic mass is 9.98. The van der Waals surface area contributed by atoms with E-state index in [1.807, 2.05) is 31.2 Å². The summed E-state index contributed by atoms with van der Waals surface area (Å²) in [6.45, 7) is 2.93. The molecule has 1 aliphatic carbocycles. The number of terminal acetylenes is 1. The standard InChI is InChI=1S/C22H21NO2/c1-3-22(2)13-8-14-23(22)21(24)25-15-20-18-11-6-4-9-16(18)17-10-5-7-12-19(17)20/h1,4-7,9-12,20H,8,13-15H2,2H3/t22-/m0/s1. The van der Waals surface area contributed by atoms with E-state index in [4.69, 9.17) is 11.2 Å². The number of amides is 1. The molecule has 0 aromatic heterocycles. The number of rotatable bonds is 2. The van der Waals surface area contributed by atoms with Crippen molar-refractivity contribution in [1.82, 2.24) is 4.90 Å². The van der Waals surface area contributed by atoms with E-state index < -0.39 is 5.54 Å². The van der Waals surface area contributed by atoms with Crippen molar-refractivity contribution >= 4 is 6.09 Å². The molecule has 2 aromatic rings. The fourth-order valence-electron chi connectivity index (χ4n) is 4.08. The molecule has 3 heteroatoms. The number of hydrogen-bond donors (Lipinski definition) is 0. The van der Waals surface area contributed by atoms with E-state index in [-0.39, 0.29) is 12.0 Å². The van der Waals surface area contributed by atoms with E-state index in [0.717, 1.165) is 12.8 Å². The summed E-state index contributed by atoms with van der Waals surface area (Å²) >= 11 is 0. The highest BCUT2D eigenvalue weighted by Gasteiger charge is 2.39. The molecule has 1 heterocycles. The summed E-state index contributed by atoms with van der Waals surface area (Å²) in [5.41, 5.74) is 4.38. The van der Waals surface area contributed by atoms with Crippen molar-refractivity contribution in [2.24, 2.45) is 0 Å². The van der Waals surface area contributed by atoms with Gasteiger partial charge in [0.1, 0.15) is 12.1 Å². The molecule has 0 saturated carbocycles. The summed E-state index contributed by atoms with van der Waals surface area (Å²) in [6.07, 6.45) is 7.08. The minimum absolute atomic E-state index is 0.0797. The normalized spacial score (nSPS) is 21.5. The van der Waals surface area contributed by atoms with E-state index >= 15 is 0 Å². The largest absolute Gasteiger partial charge is 0.448 e. The third-order valence-corrected chi connectivity index (χ3v) is 5.51. The zero-order chi connectivity index (χ0) is 17.4. The first-order valence-corrected chi connectivity index (χ1v) is 8.74. The average Bonchev–Trinajstić information content (AvgIpc) is 3.19. The van der Waals surface area contributed by atoms with Crippen molar-refractivity contribution in [3.63, 3.8) is 0 Å². The Labute approximate surface area is 148 Å². The van der Waals surface area contributed by atoms with Crippen LogP contribution in [0.15, 0.2) is 48.5 Å². The van der Waals surface area contributed by atoms with Gasteiger partial charge in [-0.15, -0.1) is 6.42 Å². The van der Waals surface area contributed by atoms with Gasteiger partial charge in [-0.1, -0.05) is 54.5 Å². The second kappa shape index (κ2) is 5.97. The van der Waals surface area contributed by atoms with Crippen LogP contribution in [0.25, 0.3) is 11.1 Å². The lowest BCUT2D eigenvalue weighted by molar-refractivity contribution is 0.0872. The Morgan fingerprint density at radius 3 is 2.40 bits per heavy atom. The Morgan fingerprint density at radius 2 is 1.80 bits per heavy atom. The highest BCUT2D eigenvalue weighted by atomic mass is 16.6. The molecule has 1 amide bonds. The maximum absolute atomic E-state index is 12.6. The maximum atomic E-state index is 12.6. The van der Waals surface area contributed by atoms with Gasteiger partial charge in [0, 0.05) is 12.5 Å². The number of fused-ring (bicyclic) bond motifs is 3. The second-order valence-corrected chi connectivity index (χ2v) is 6.98. The van der Waals surface area contributed by atoms with E-state index in [0.29, 0.717) is 13.2 Å². The Balaban J connectivity index is 1.56. The zero-order valence-electron chi connectivity index (χ0n) is 14.4. The fraction of sp³-hybridized carbons (Fsp3) is 0.318. The maximum Gasteiger partial charge on any atom is 0.411 e. The summed E-state index contributed by atoms with van der Waals surface area (Å²) < 4.78 is 5.71. The van der Waals surface area contributed by atoms with Crippen LogP contribution in [0.4, 0.5) is 4.79 Å². The van der Waals surface area contributed by atoms with Gasteiger partial charge in [0.15, 0.2) is 0 Å². The predicted octanol–water partition coefficient (Wildman–Crippen LogP) is 4.42. The second-order valence-electron chi connectivity index (χ2n) is 6.98. The van der Waals surface area contributed by atoms with Gasteiger partial charge in [0.05, 0.1) is 0 Å². The summed E-state index contributed by atoms with van der Waals surface area (Å²) in [4.78, 5) is 14.3. The summed E-state index contributed by atoms with van der Waals surface area (Å²) in [5.74, 6) is 2.84. The van der Waals surface area contributed by atoms with Crippen LogP contribution in [0.5, 0.6) is 0 Å². The van der Waals surface area contributed by atoms with E-state index in [9.17, 15) is 4.79 Å². The SMILES string of the molecule is C#C[C@@]1(C)CCCN1C(=O)OCC1c2ccccc2-c2ccccc21. The molecule has 1 aliphatic heterocycles. The molecule has 0 bridgehead atoms. The molecular formula is C22H21NO2.